The van der Waals surface area contributed by atoms with Gasteiger partial charge in [0, 0.05) is 24.2 Å². The first-order valence-corrected chi connectivity index (χ1v) is 10.3. The van der Waals surface area contributed by atoms with Gasteiger partial charge in [-0.2, -0.15) is 26.3 Å². The molecule has 1 amide bonds. The minimum absolute atomic E-state index is 0.0787. The number of halogens is 8. The number of aromatic nitrogens is 1. The van der Waals surface area contributed by atoms with E-state index in [1.807, 2.05) is 0 Å². The van der Waals surface area contributed by atoms with Crippen molar-refractivity contribution >= 4 is 46.7 Å². The summed E-state index contributed by atoms with van der Waals surface area (Å²) in [4.78, 5) is 29.1. The number of amides is 1. The van der Waals surface area contributed by atoms with Crippen molar-refractivity contribution in [3.8, 4) is 10.4 Å². The predicted octanol–water partition coefficient (Wildman–Crippen LogP) is 5.72. The standard InChI is InChI=1S/C18H14Cl2F6N2O3S/c1-3-28(4-2)15(30)13-14(32-10(7-29)27-13)8-5-6-9(12(20)11(8)19)16(31,17(21,22)23)18(24,25)26/h5-7,31H,3-4H2,1-2H3. The Morgan fingerprint density at radius 3 is 2.06 bits per heavy atom. The number of hydrogen-bond acceptors (Lipinski definition) is 5. The van der Waals surface area contributed by atoms with Crippen LogP contribution in [0.4, 0.5) is 26.3 Å². The lowest BCUT2D eigenvalue weighted by Gasteiger charge is -2.33. The van der Waals surface area contributed by atoms with Crippen LogP contribution in [0.25, 0.3) is 10.4 Å². The molecule has 0 radical (unpaired) electrons. The minimum atomic E-state index is -6.17. The van der Waals surface area contributed by atoms with E-state index in [2.05, 4.69) is 4.98 Å². The highest BCUT2D eigenvalue weighted by Crippen LogP contribution is 2.53. The van der Waals surface area contributed by atoms with E-state index in [0.29, 0.717) is 23.7 Å². The van der Waals surface area contributed by atoms with Gasteiger partial charge in [0.05, 0.1) is 14.9 Å². The summed E-state index contributed by atoms with van der Waals surface area (Å²) in [6.07, 6.45) is -12.0. The molecule has 5 nitrogen and oxygen atoms in total. The summed E-state index contributed by atoms with van der Waals surface area (Å²) in [5, 5.41) is 7.46. The Bertz CT molecular complexity index is 1020. The molecule has 14 heteroatoms. The number of alkyl halides is 6. The molecule has 0 atom stereocenters. The second-order valence-corrected chi connectivity index (χ2v) is 8.11. The van der Waals surface area contributed by atoms with Gasteiger partial charge in [0.1, 0.15) is 5.69 Å². The molecule has 0 saturated carbocycles. The smallest absolute Gasteiger partial charge is 0.369 e. The number of aldehydes is 1. The monoisotopic (exact) mass is 522 g/mol. The molecule has 0 bridgehead atoms. The normalized spacial score (nSPS) is 12.7. The summed E-state index contributed by atoms with van der Waals surface area (Å²) in [6.45, 7) is 3.87. The quantitative estimate of drug-likeness (QED) is 0.389. The van der Waals surface area contributed by atoms with Gasteiger partial charge >= 0.3 is 12.4 Å². The molecule has 2 aromatic rings. The van der Waals surface area contributed by atoms with E-state index >= 15 is 0 Å². The average molecular weight is 523 g/mol. The van der Waals surface area contributed by atoms with Gasteiger partial charge in [-0.3, -0.25) is 9.59 Å². The summed E-state index contributed by atoms with van der Waals surface area (Å²) >= 11 is 12.4. The fraction of sp³-hybridized carbons (Fsp3) is 0.389. The van der Waals surface area contributed by atoms with E-state index in [0.717, 1.165) is 6.07 Å². The van der Waals surface area contributed by atoms with Crippen molar-refractivity contribution in [3.63, 3.8) is 0 Å². The fourth-order valence-electron chi connectivity index (χ4n) is 2.85. The van der Waals surface area contributed by atoms with Crippen molar-refractivity contribution < 1.29 is 41.0 Å². The first-order chi connectivity index (χ1) is 14.6. The van der Waals surface area contributed by atoms with Crippen LogP contribution in [0.15, 0.2) is 12.1 Å². The van der Waals surface area contributed by atoms with Crippen molar-refractivity contribution in [2.45, 2.75) is 31.8 Å². The number of rotatable bonds is 6. The van der Waals surface area contributed by atoms with Crippen molar-refractivity contribution in [1.82, 2.24) is 9.88 Å². The van der Waals surface area contributed by atoms with Gasteiger partial charge in [0.25, 0.3) is 11.5 Å². The molecular formula is C18H14Cl2F6N2O3S. The van der Waals surface area contributed by atoms with Crippen LogP contribution in [0.5, 0.6) is 0 Å². The Morgan fingerprint density at radius 1 is 1.09 bits per heavy atom. The van der Waals surface area contributed by atoms with Gasteiger partial charge < -0.3 is 10.0 Å². The van der Waals surface area contributed by atoms with E-state index in [-0.39, 0.29) is 34.2 Å². The lowest BCUT2D eigenvalue weighted by molar-refractivity contribution is -0.376. The molecule has 1 N–H and O–H groups in total. The lowest BCUT2D eigenvalue weighted by Crippen LogP contribution is -2.54. The summed E-state index contributed by atoms with van der Waals surface area (Å²) in [6, 6.07) is 1.06. The fourth-order valence-corrected chi connectivity index (χ4v) is 4.37. The first-order valence-electron chi connectivity index (χ1n) is 8.75. The number of benzene rings is 1. The average Bonchev–Trinajstić information content (AvgIpc) is 3.12. The Kier molecular flexibility index (Phi) is 7.55. The molecule has 1 aromatic heterocycles. The molecule has 0 aliphatic carbocycles. The molecule has 0 aliphatic heterocycles. The molecule has 0 saturated heterocycles. The number of carbonyl (C=O) groups is 2. The van der Waals surface area contributed by atoms with Crippen LogP contribution in [-0.4, -0.2) is 52.6 Å². The highest BCUT2D eigenvalue weighted by atomic mass is 35.5. The van der Waals surface area contributed by atoms with E-state index < -0.39 is 39.5 Å². The Morgan fingerprint density at radius 2 is 1.62 bits per heavy atom. The highest BCUT2D eigenvalue weighted by Gasteiger charge is 2.72. The Balaban J connectivity index is 2.77. The largest absolute Gasteiger partial charge is 0.430 e. The summed E-state index contributed by atoms with van der Waals surface area (Å²) in [5.41, 5.74) is -7.52. The van der Waals surface area contributed by atoms with E-state index in [9.17, 15) is 41.0 Å². The molecular weight excluding hydrogens is 509 g/mol. The molecule has 32 heavy (non-hydrogen) atoms. The Labute approximate surface area is 191 Å². The number of aliphatic hydroxyl groups is 1. The zero-order valence-electron chi connectivity index (χ0n) is 16.2. The van der Waals surface area contributed by atoms with Crippen LogP contribution in [0, 0.1) is 0 Å². The second kappa shape index (κ2) is 9.16. The van der Waals surface area contributed by atoms with Crippen molar-refractivity contribution in [3.05, 3.63) is 38.4 Å². The third kappa shape index (κ3) is 4.33. The molecule has 0 fully saturated rings. The van der Waals surface area contributed by atoms with Crippen LogP contribution in [0.2, 0.25) is 10.0 Å². The summed E-state index contributed by atoms with van der Waals surface area (Å²) in [5.74, 6) is -0.632. The Hall–Kier alpha value is -1.89. The van der Waals surface area contributed by atoms with E-state index in [1.54, 1.807) is 13.8 Å². The molecule has 2 rings (SSSR count). The number of nitrogens with zero attached hydrogens (tertiary/aromatic N) is 2. The molecule has 1 aromatic carbocycles. The topological polar surface area (TPSA) is 70.5 Å². The maximum Gasteiger partial charge on any atom is 0.430 e. The molecule has 176 valence electrons. The molecule has 1 heterocycles. The number of carbonyl (C=O) groups excluding carboxylic acids is 2. The van der Waals surface area contributed by atoms with Crippen LogP contribution >= 0.6 is 34.5 Å². The second-order valence-electron chi connectivity index (χ2n) is 6.32. The van der Waals surface area contributed by atoms with Crippen LogP contribution < -0.4 is 0 Å². The molecule has 0 unspecified atom stereocenters. The number of thiazole rings is 1. The third-order valence-electron chi connectivity index (χ3n) is 4.53. The van der Waals surface area contributed by atoms with Gasteiger partial charge in [0.2, 0.25) is 0 Å². The van der Waals surface area contributed by atoms with E-state index in [4.69, 9.17) is 23.2 Å². The molecule has 0 spiro atoms. The first kappa shape index (κ1) is 26.4. The highest BCUT2D eigenvalue weighted by molar-refractivity contribution is 7.17. The number of hydrogen-bond donors (Lipinski definition) is 1. The van der Waals surface area contributed by atoms with Crippen molar-refractivity contribution in [1.29, 1.82) is 0 Å². The SMILES string of the molecule is CCN(CC)C(=O)c1nc(C=O)sc1-c1ccc(C(O)(C(F)(F)F)C(F)(F)F)c(Cl)c1Cl. The van der Waals surface area contributed by atoms with E-state index in [1.165, 1.54) is 4.90 Å². The predicted molar refractivity (Wildman–Crippen MR) is 106 cm³/mol. The van der Waals surface area contributed by atoms with Crippen LogP contribution in [-0.2, 0) is 5.60 Å². The van der Waals surface area contributed by atoms with Crippen molar-refractivity contribution in [2.24, 2.45) is 0 Å². The molecule has 0 aliphatic rings. The van der Waals surface area contributed by atoms with Crippen LogP contribution in [0.3, 0.4) is 0 Å². The van der Waals surface area contributed by atoms with Gasteiger partial charge in [-0.05, 0) is 13.8 Å². The summed E-state index contributed by atoms with van der Waals surface area (Å²) in [7, 11) is 0. The zero-order chi connectivity index (χ0) is 24.6. The van der Waals surface area contributed by atoms with Gasteiger partial charge in [-0.25, -0.2) is 4.98 Å². The minimum Gasteiger partial charge on any atom is -0.369 e. The maximum absolute atomic E-state index is 13.2. The van der Waals surface area contributed by atoms with Crippen molar-refractivity contribution in [2.75, 3.05) is 13.1 Å². The third-order valence-corrected chi connectivity index (χ3v) is 6.43. The zero-order valence-corrected chi connectivity index (χ0v) is 18.6. The maximum atomic E-state index is 13.2. The van der Waals surface area contributed by atoms with Gasteiger partial charge in [-0.15, -0.1) is 11.3 Å². The summed E-state index contributed by atoms with van der Waals surface area (Å²) < 4.78 is 79.4. The van der Waals surface area contributed by atoms with Gasteiger partial charge in [0.15, 0.2) is 11.3 Å². The lowest BCUT2D eigenvalue weighted by atomic mass is 9.91. The van der Waals surface area contributed by atoms with Gasteiger partial charge in [-0.1, -0.05) is 35.3 Å². The van der Waals surface area contributed by atoms with Crippen LogP contribution in [0.1, 0.15) is 39.7 Å².